The Balaban J connectivity index is 4.89. The van der Waals surface area contributed by atoms with Crippen LogP contribution in [0.1, 0.15) is 6.92 Å². The molecule has 1 heteroatoms. The molecule has 0 aliphatic heterocycles. The molecule has 0 radical (unpaired) electrons. The minimum Gasteiger partial charge on any atom is -0.457 e. The summed E-state index contributed by atoms with van der Waals surface area (Å²) >= 11 is 0. The lowest BCUT2D eigenvalue weighted by atomic mass is 10.2. The van der Waals surface area contributed by atoms with Crippen LogP contribution < -0.4 is 0 Å². The normalized spacial score (nSPS) is 13.3. The average Bonchev–Trinajstić information content (AvgIpc) is 2.41. The van der Waals surface area contributed by atoms with Crippen LogP contribution in [-0.4, -0.2) is 0 Å². The first-order valence-corrected chi connectivity index (χ1v) is 5.61. The number of allylic oxidation sites excluding steroid dienone is 10. The quantitative estimate of drug-likeness (QED) is 0.427. The Morgan fingerprint density at radius 1 is 0.778 bits per heavy atom. The predicted molar refractivity (Wildman–Crippen MR) is 80.9 cm³/mol. The van der Waals surface area contributed by atoms with Gasteiger partial charge in [-0.2, -0.15) is 0 Å². The van der Waals surface area contributed by atoms with Crippen molar-refractivity contribution < 1.29 is 4.74 Å². The monoisotopic (exact) mass is 240 g/mol. The van der Waals surface area contributed by atoms with Gasteiger partial charge in [-0.3, -0.25) is 0 Å². The van der Waals surface area contributed by atoms with E-state index in [0.717, 1.165) is 5.57 Å². The zero-order valence-electron chi connectivity index (χ0n) is 10.9. The van der Waals surface area contributed by atoms with Crippen molar-refractivity contribution in [3.63, 3.8) is 0 Å². The molecule has 0 aromatic carbocycles. The van der Waals surface area contributed by atoms with Gasteiger partial charge in [-0.25, -0.2) is 0 Å². The van der Waals surface area contributed by atoms with Gasteiger partial charge in [-0.1, -0.05) is 62.3 Å². The molecule has 0 amide bonds. The van der Waals surface area contributed by atoms with Gasteiger partial charge in [0.05, 0.1) is 0 Å². The molecule has 0 atom stereocenters. The first-order chi connectivity index (χ1) is 8.67. The summed E-state index contributed by atoms with van der Waals surface area (Å²) in [5.41, 5.74) is 1.05. The van der Waals surface area contributed by atoms with Crippen molar-refractivity contribution in [2.75, 3.05) is 0 Å². The SMILES string of the molecule is C=C/C=C\C=C(/C=C)O/C(C=C)=C/C=C(/C)C=C. The number of rotatable bonds is 8. The molecule has 0 rings (SSSR count). The van der Waals surface area contributed by atoms with Crippen LogP contribution in [0.25, 0.3) is 0 Å². The van der Waals surface area contributed by atoms with Crippen LogP contribution in [0.2, 0.25) is 0 Å². The molecule has 0 spiro atoms. The van der Waals surface area contributed by atoms with E-state index in [1.54, 1.807) is 30.4 Å². The highest BCUT2D eigenvalue weighted by Gasteiger charge is 1.94. The number of hydrogen-bond acceptors (Lipinski definition) is 1. The Labute approximate surface area is 110 Å². The third-order valence-corrected chi connectivity index (χ3v) is 1.98. The van der Waals surface area contributed by atoms with E-state index in [1.165, 1.54) is 0 Å². The van der Waals surface area contributed by atoms with E-state index in [-0.39, 0.29) is 0 Å². The predicted octanol–water partition coefficient (Wildman–Crippen LogP) is 5.02. The fraction of sp³-hybridized carbons (Fsp3) is 0.0588. The molecule has 0 fully saturated rings. The lowest BCUT2D eigenvalue weighted by Gasteiger charge is -2.05. The van der Waals surface area contributed by atoms with Crippen molar-refractivity contribution in [3.05, 3.63) is 98.1 Å². The summed E-state index contributed by atoms with van der Waals surface area (Å²) < 4.78 is 5.61. The third-order valence-electron chi connectivity index (χ3n) is 1.98. The smallest absolute Gasteiger partial charge is 0.126 e. The van der Waals surface area contributed by atoms with Crippen LogP contribution in [0.4, 0.5) is 0 Å². The van der Waals surface area contributed by atoms with Crippen molar-refractivity contribution >= 4 is 0 Å². The maximum Gasteiger partial charge on any atom is 0.126 e. The maximum atomic E-state index is 5.61. The Morgan fingerprint density at radius 2 is 1.39 bits per heavy atom. The van der Waals surface area contributed by atoms with Crippen LogP contribution in [0.15, 0.2) is 98.1 Å². The molecule has 94 valence electrons. The molecule has 0 aromatic rings. The highest BCUT2D eigenvalue weighted by Crippen LogP contribution is 2.10. The van der Waals surface area contributed by atoms with Gasteiger partial charge in [-0.05, 0) is 31.2 Å². The van der Waals surface area contributed by atoms with Crippen LogP contribution in [-0.2, 0) is 4.74 Å². The molecule has 1 nitrogen and oxygen atoms in total. The standard InChI is InChI=1S/C17H20O/c1-6-10-11-12-16(8-3)18-17(9-4)14-13-15(5)7-2/h6-14H,1-4H2,5H3/b11-10-,15-13-,16-12+,17-14+. The van der Waals surface area contributed by atoms with E-state index >= 15 is 0 Å². The van der Waals surface area contributed by atoms with Gasteiger partial charge in [0.2, 0.25) is 0 Å². The van der Waals surface area contributed by atoms with Gasteiger partial charge >= 0.3 is 0 Å². The lowest BCUT2D eigenvalue weighted by molar-refractivity contribution is 0.337. The summed E-state index contributed by atoms with van der Waals surface area (Å²) in [5.74, 6) is 1.29. The molecule has 0 saturated carbocycles. The second kappa shape index (κ2) is 9.91. The first-order valence-electron chi connectivity index (χ1n) is 5.61. The van der Waals surface area contributed by atoms with Gasteiger partial charge in [0.15, 0.2) is 0 Å². The van der Waals surface area contributed by atoms with Crippen LogP contribution in [0.5, 0.6) is 0 Å². The molecule has 0 unspecified atom stereocenters. The molecule has 0 saturated heterocycles. The molecule has 0 N–H and O–H groups in total. The molecule has 0 heterocycles. The van der Waals surface area contributed by atoms with Crippen molar-refractivity contribution in [1.29, 1.82) is 0 Å². The fourth-order valence-electron chi connectivity index (χ4n) is 0.934. The van der Waals surface area contributed by atoms with Crippen molar-refractivity contribution in [1.82, 2.24) is 0 Å². The van der Waals surface area contributed by atoms with E-state index in [9.17, 15) is 0 Å². The Hall–Kier alpha value is -2.28. The van der Waals surface area contributed by atoms with Gasteiger partial charge in [0.1, 0.15) is 11.5 Å². The Kier molecular flexibility index (Phi) is 8.66. The van der Waals surface area contributed by atoms with Crippen molar-refractivity contribution in [2.24, 2.45) is 0 Å². The minimum atomic E-state index is 0.643. The summed E-state index contributed by atoms with van der Waals surface area (Å²) in [6.45, 7) is 16.6. The molecule has 0 aliphatic rings. The number of ether oxygens (including phenoxy) is 1. The van der Waals surface area contributed by atoms with Gasteiger partial charge < -0.3 is 4.74 Å². The van der Waals surface area contributed by atoms with Gasteiger partial charge in [0, 0.05) is 0 Å². The van der Waals surface area contributed by atoms with Crippen molar-refractivity contribution in [3.8, 4) is 0 Å². The van der Waals surface area contributed by atoms with Crippen LogP contribution >= 0.6 is 0 Å². The maximum absolute atomic E-state index is 5.61. The largest absolute Gasteiger partial charge is 0.457 e. The average molecular weight is 240 g/mol. The molecule has 18 heavy (non-hydrogen) atoms. The highest BCUT2D eigenvalue weighted by molar-refractivity contribution is 5.27. The summed E-state index contributed by atoms with van der Waals surface area (Å²) in [6, 6.07) is 0. The molecular formula is C17H20O. The zero-order chi connectivity index (χ0) is 13.8. The van der Waals surface area contributed by atoms with E-state index in [2.05, 4.69) is 26.3 Å². The number of hydrogen-bond donors (Lipinski definition) is 0. The van der Waals surface area contributed by atoms with E-state index in [1.807, 2.05) is 31.2 Å². The molecule has 0 aliphatic carbocycles. The van der Waals surface area contributed by atoms with Gasteiger partial charge in [0.25, 0.3) is 0 Å². The second-order valence-electron chi connectivity index (χ2n) is 3.38. The molecule has 0 bridgehead atoms. The van der Waals surface area contributed by atoms with E-state index in [0.29, 0.717) is 11.5 Å². The summed E-state index contributed by atoms with van der Waals surface area (Å²) in [7, 11) is 0. The third kappa shape index (κ3) is 7.07. The Morgan fingerprint density at radius 3 is 1.89 bits per heavy atom. The second-order valence-corrected chi connectivity index (χ2v) is 3.38. The topological polar surface area (TPSA) is 9.23 Å². The van der Waals surface area contributed by atoms with Crippen LogP contribution in [0, 0.1) is 0 Å². The minimum absolute atomic E-state index is 0.643. The highest BCUT2D eigenvalue weighted by atomic mass is 16.5. The van der Waals surface area contributed by atoms with E-state index in [4.69, 9.17) is 4.74 Å². The van der Waals surface area contributed by atoms with Crippen molar-refractivity contribution in [2.45, 2.75) is 6.92 Å². The first kappa shape index (κ1) is 15.7. The van der Waals surface area contributed by atoms with Crippen LogP contribution in [0.3, 0.4) is 0 Å². The van der Waals surface area contributed by atoms with Gasteiger partial charge in [-0.15, -0.1) is 0 Å². The lowest BCUT2D eigenvalue weighted by Crippen LogP contribution is -1.87. The van der Waals surface area contributed by atoms with E-state index < -0.39 is 0 Å². The Bertz CT molecular complexity index is 429. The summed E-state index contributed by atoms with van der Waals surface area (Å²) in [6.07, 6.45) is 15.9. The molecule has 0 aromatic heterocycles. The molecular weight excluding hydrogens is 220 g/mol. The summed E-state index contributed by atoms with van der Waals surface area (Å²) in [4.78, 5) is 0. The summed E-state index contributed by atoms with van der Waals surface area (Å²) in [5, 5.41) is 0. The fourth-order valence-corrected chi connectivity index (χ4v) is 0.934. The zero-order valence-corrected chi connectivity index (χ0v) is 10.9.